The molecular formula is C11H14N4O3S. The first-order valence-corrected chi connectivity index (χ1v) is 7.09. The summed E-state index contributed by atoms with van der Waals surface area (Å²) < 4.78 is 31.2. The van der Waals surface area contributed by atoms with E-state index in [0.717, 1.165) is 0 Å². The van der Waals surface area contributed by atoms with Gasteiger partial charge in [-0.1, -0.05) is 11.2 Å². The molecule has 0 amide bonds. The fraction of sp³-hybridized carbons (Fsp3) is 0.273. The van der Waals surface area contributed by atoms with Crippen molar-refractivity contribution in [3.8, 4) is 0 Å². The second kappa shape index (κ2) is 5.37. The van der Waals surface area contributed by atoms with Crippen molar-refractivity contribution in [1.82, 2.24) is 14.9 Å². The summed E-state index contributed by atoms with van der Waals surface area (Å²) in [6, 6.07) is 4.78. The van der Waals surface area contributed by atoms with Crippen LogP contribution in [0.15, 0.2) is 34.0 Å². The molecule has 8 heteroatoms. The zero-order chi connectivity index (χ0) is 13.9. The molecule has 3 N–H and O–H groups in total. The summed E-state index contributed by atoms with van der Waals surface area (Å²) in [5.74, 6) is 0.451. The van der Waals surface area contributed by atoms with E-state index in [1.807, 2.05) is 0 Å². The third-order valence-electron chi connectivity index (χ3n) is 2.66. The van der Waals surface area contributed by atoms with E-state index in [1.54, 1.807) is 19.1 Å². The molecule has 2 rings (SSSR count). The van der Waals surface area contributed by atoms with Gasteiger partial charge in [0.15, 0.2) is 5.82 Å². The smallest absolute Gasteiger partial charge is 0.240 e. The van der Waals surface area contributed by atoms with E-state index in [-0.39, 0.29) is 11.4 Å². The minimum Gasteiger partial charge on any atom is -0.398 e. The van der Waals surface area contributed by atoms with Crippen LogP contribution < -0.4 is 10.5 Å². The topological polar surface area (TPSA) is 111 Å². The van der Waals surface area contributed by atoms with E-state index in [0.29, 0.717) is 23.5 Å². The minimum absolute atomic E-state index is 0.181. The van der Waals surface area contributed by atoms with Crippen molar-refractivity contribution >= 4 is 15.7 Å². The molecule has 0 radical (unpaired) electrons. The maximum Gasteiger partial charge on any atom is 0.240 e. The zero-order valence-corrected chi connectivity index (χ0v) is 11.1. The maximum atomic E-state index is 12.1. The van der Waals surface area contributed by atoms with Crippen LogP contribution >= 0.6 is 0 Å². The molecule has 0 saturated carbocycles. The van der Waals surface area contributed by atoms with E-state index < -0.39 is 10.0 Å². The van der Waals surface area contributed by atoms with Gasteiger partial charge in [-0.2, -0.15) is 4.98 Å². The Morgan fingerprint density at radius 2 is 2.21 bits per heavy atom. The lowest BCUT2D eigenvalue weighted by molar-refractivity contribution is 0.410. The Balaban J connectivity index is 2.08. The van der Waals surface area contributed by atoms with Crippen molar-refractivity contribution in [3.05, 3.63) is 36.0 Å². The molecule has 0 aliphatic rings. The number of anilines is 1. The fourth-order valence-corrected chi connectivity index (χ4v) is 2.91. The molecule has 0 fully saturated rings. The van der Waals surface area contributed by atoms with Gasteiger partial charge >= 0.3 is 0 Å². The number of benzene rings is 1. The first-order valence-electron chi connectivity index (χ1n) is 5.61. The highest BCUT2D eigenvalue weighted by Crippen LogP contribution is 2.19. The van der Waals surface area contributed by atoms with Crippen LogP contribution in [0.3, 0.4) is 0 Å². The van der Waals surface area contributed by atoms with Crippen molar-refractivity contribution < 1.29 is 12.9 Å². The predicted octanol–water partition coefficient (Wildman–Crippen LogP) is 0.481. The Kier molecular flexibility index (Phi) is 3.82. The molecule has 102 valence electrons. The van der Waals surface area contributed by atoms with Gasteiger partial charge < -0.3 is 10.3 Å². The fourth-order valence-electron chi connectivity index (χ4n) is 1.60. The van der Waals surface area contributed by atoms with Crippen molar-refractivity contribution in [3.63, 3.8) is 0 Å². The van der Waals surface area contributed by atoms with Crippen molar-refractivity contribution in [2.24, 2.45) is 0 Å². The average Bonchev–Trinajstić information content (AvgIpc) is 2.85. The molecule has 7 nitrogen and oxygen atoms in total. The van der Waals surface area contributed by atoms with Crippen molar-refractivity contribution in [2.75, 3.05) is 12.3 Å². The van der Waals surface area contributed by atoms with E-state index >= 15 is 0 Å². The maximum absolute atomic E-state index is 12.1. The number of nitrogens with one attached hydrogen (secondary N) is 1. The molecule has 0 bridgehead atoms. The van der Waals surface area contributed by atoms with Gasteiger partial charge in [-0.05, 0) is 24.6 Å². The summed E-state index contributed by atoms with van der Waals surface area (Å²) in [4.78, 5) is 3.99. The lowest BCUT2D eigenvalue weighted by Crippen LogP contribution is -2.27. The number of nitrogen functional groups attached to an aromatic ring is 1. The normalized spacial score (nSPS) is 11.6. The Morgan fingerprint density at radius 3 is 2.89 bits per heavy atom. The second-order valence-electron chi connectivity index (χ2n) is 3.97. The Bertz CT molecular complexity index is 653. The highest BCUT2D eigenvalue weighted by Gasteiger charge is 2.17. The van der Waals surface area contributed by atoms with E-state index in [4.69, 9.17) is 5.73 Å². The highest BCUT2D eigenvalue weighted by molar-refractivity contribution is 7.89. The summed E-state index contributed by atoms with van der Waals surface area (Å²) in [5.41, 5.74) is 6.68. The van der Waals surface area contributed by atoms with E-state index in [2.05, 4.69) is 19.4 Å². The zero-order valence-electron chi connectivity index (χ0n) is 10.3. The van der Waals surface area contributed by atoms with Gasteiger partial charge in [0.05, 0.1) is 4.90 Å². The highest BCUT2D eigenvalue weighted by atomic mass is 32.2. The Labute approximate surface area is 110 Å². The summed E-state index contributed by atoms with van der Waals surface area (Å²) in [7, 11) is -3.58. The molecule has 0 aliphatic carbocycles. The van der Waals surface area contributed by atoms with Gasteiger partial charge in [-0.25, -0.2) is 13.1 Å². The van der Waals surface area contributed by atoms with E-state index in [9.17, 15) is 8.42 Å². The molecule has 0 spiro atoms. The first-order chi connectivity index (χ1) is 9.00. The molecule has 1 aromatic heterocycles. The van der Waals surface area contributed by atoms with Gasteiger partial charge in [0, 0.05) is 18.7 Å². The predicted molar refractivity (Wildman–Crippen MR) is 68.8 cm³/mol. The molecule has 0 aliphatic heterocycles. The summed E-state index contributed by atoms with van der Waals surface area (Å²) in [5, 5.41) is 3.60. The third kappa shape index (κ3) is 3.09. The van der Waals surface area contributed by atoms with Gasteiger partial charge in [0.25, 0.3) is 0 Å². The number of nitrogens with two attached hydrogens (primary N) is 1. The van der Waals surface area contributed by atoms with E-state index in [1.165, 1.54) is 12.5 Å². The largest absolute Gasteiger partial charge is 0.398 e. The van der Waals surface area contributed by atoms with Crippen LogP contribution in [0.25, 0.3) is 0 Å². The average molecular weight is 282 g/mol. The lowest BCUT2D eigenvalue weighted by Gasteiger charge is -2.10. The summed E-state index contributed by atoms with van der Waals surface area (Å²) >= 11 is 0. The molecule has 1 heterocycles. The quantitative estimate of drug-likeness (QED) is 0.772. The van der Waals surface area contributed by atoms with Gasteiger partial charge in [-0.3, -0.25) is 0 Å². The first kappa shape index (κ1) is 13.5. The standard InChI is InChI=1S/C11H14N4O3S/c1-8-9(12)3-2-4-10(8)19(16,17)14-6-5-11-13-7-18-15-11/h2-4,7,14H,5-6,12H2,1H3. The third-order valence-corrected chi connectivity index (χ3v) is 4.27. The van der Waals surface area contributed by atoms with Crippen LogP contribution in [0.1, 0.15) is 11.4 Å². The van der Waals surface area contributed by atoms with Crippen molar-refractivity contribution in [1.29, 1.82) is 0 Å². The van der Waals surface area contributed by atoms with Gasteiger partial charge in [0.1, 0.15) is 0 Å². The summed E-state index contributed by atoms with van der Waals surface area (Å²) in [6.07, 6.45) is 1.56. The van der Waals surface area contributed by atoms with Crippen LogP contribution in [-0.4, -0.2) is 25.1 Å². The minimum atomic E-state index is -3.58. The molecule has 1 aromatic carbocycles. The van der Waals surface area contributed by atoms with Crippen molar-refractivity contribution in [2.45, 2.75) is 18.2 Å². The molecule has 0 unspecified atom stereocenters. The molecule has 0 saturated heterocycles. The number of aromatic nitrogens is 2. The number of hydrogen-bond acceptors (Lipinski definition) is 6. The molecule has 0 atom stereocenters. The molecular weight excluding hydrogens is 268 g/mol. The van der Waals surface area contributed by atoms with Gasteiger partial charge in [0.2, 0.25) is 16.4 Å². The SMILES string of the molecule is Cc1c(N)cccc1S(=O)(=O)NCCc1ncon1. The molecule has 2 aromatic rings. The van der Waals surface area contributed by atoms with Crippen LogP contribution in [0.5, 0.6) is 0 Å². The number of rotatable bonds is 5. The monoisotopic (exact) mass is 282 g/mol. The number of hydrogen-bond donors (Lipinski definition) is 2. The number of nitrogens with zero attached hydrogens (tertiary/aromatic N) is 2. The lowest BCUT2D eigenvalue weighted by atomic mass is 10.2. The molecule has 19 heavy (non-hydrogen) atoms. The second-order valence-corrected chi connectivity index (χ2v) is 5.70. The van der Waals surface area contributed by atoms with Crippen LogP contribution in [0.2, 0.25) is 0 Å². The van der Waals surface area contributed by atoms with Crippen LogP contribution in [-0.2, 0) is 16.4 Å². The Morgan fingerprint density at radius 1 is 1.42 bits per heavy atom. The van der Waals surface area contributed by atoms with Crippen LogP contribution in [0.4, 0.5) is 5.69 Å². The Hall–Kier alpha value is -1.93. The number of sulfonamides is 1. The summed E-state index contributed by atoms with van der Waals surface area (Å²) in [6.45, 7) is 1.86. The van der Waals surface area contributed by atoms with Crippen LogP contribution in [0, 0.1) is 6.92 Å². The van der Waals surface area contributed by atoms with Gasteiger partial charge in [-0.15, -0.1) is 0 Å².